The molecular weight excluding hydrogens is 295 g/mol. The summed E-state index contributed by atoms with van der Waals surface area (Å²) in [6.45, 7) is 0. The maximum absolute atomic E-state index is 10.4. The lowest BCUT2D eigenvalue weighted by atomic mass is 10.1. The fourth-order valence-electron chi connectivity index (χ4n) is 1.14. The Labute approximate surface area is 95.9 Å². The molecule has 0 heterocycles. The number of carboxylic acids is 1. The smallest absolute Gasteiger partial charge is 0.304 e. The van der Waals surface area contributed by atoms with Gasteiger partial charge in [0.2, 0.25) is 0 Å². The van der Waals surface area contributed by atoms with Crippen LogP contribution >= 0.6 is 22.6 Å². The fraction of sp³-hybridized carbons (Fsp3) is 0.300. The number of aliphatic hydroxyl groups is 1. The van der Waals surface area contributed by atoms with Crippen LogP contribution in [-0.2, 0) is 4.79 Å². The van der Waals surface area contributed by atoms with Crippen LogP contribution in [0.4, 0.5) is 0 Å². The van der Waals surface area contributed by atoms with Crippen LogP contribution in [0.3, 0.4) is 0 Å². The SMILES string of the molecule is O=C(O)CC(I)C(O)c1ccccc1. The van der Waals surface area contributed by atoms with Crippen molar-refractivity contribution in [3.8, 4) is 0 Å². The minimum absolute atomic E-state index is 0.0311. The number of benzene rings is 1. The highest BCUT2D eigenvalue weighted by atomic mass is 127. The van der Waals surface area contributed by atoms with E-state index >= 15 is 0 Å². The van der Waals surface area contributed by atoms with Gasteiger partial charge in [-0.3, -0.25) is 4.79 Å². The summed E-state index contributed by atoms with van der Waals surface area (Å²) in [5.74, 6) is -0.889. The van der Waals surface area contributed by atoms with Crippen molar-refractivity contribution in [1.82, 2.24) is 0 Å². The van der Waals surface area contributed by atoms with Crippen LogP contribution < -0.4 is 0 Å². The van der Waals surface area contributed by atoms with Gasteiger partial charge >= 0.3 is 5.97 Å². The Balaban J connectivity index is 2.65. The Bertz CT molecular complexity index is 299. The summed E-state index contributed by atoms with van der Waals surface area (Å²) in [7, 11) is 0. The van der Waals surface area contributed by atoms with Crippen molar-refractivity contribution >= 4 is 28.6 Å². The molecule has 0 fully saturated rings. The first-order chi connectivity index (χ1) is 6.61. The minimum atomic E-state index is -0.889. The van der Waals surface area contributed by atoms with Gasteiger partial charge in [-0.1, -0.05) is 52.9 Å². The van der Waals surface area contributed by atoms with Gasteiger partial charge in [-0.2, -0.15) is 0 Å². The highest BCUT2D eigenvalue weighted by molar-refractivity contribution is 14.1. The Morgan fingerprint density at radius 2 is 1.93 bits per heavy atom. The molecule has 0 aliphatic rings. The lowest BCUT2D eigenvalue weighted by Crippen LogP contribution is -2.15. The van der Waals surface area contributed by atoms with Crippen molar-refractivity contribution < 1.29 is 15.0 Å². The molecule has 1 aromatic carbocycles. The third-order valence-corrected chi connectivity index (χ3v) is 2.97. The van der Waals surface area contributed by atoms with Gasteiger partial charge in [0, 0.05) is 0 Å². The molecule has 0 aliphatic heterocycles. The molecule has 2 N–H and O–H groups in total. The lowest BCUT2D eigenvalue weighted by molar-refractivity contribution is -0.137. The van der Waals surface area contributed by atoms with Gasteiger partial charge in [0.25, 0.3) is 0 Å². The average molecular weight is 306 g/mol. The third-order valence-electron chi connectivity index (χ3n) is 1.85. The van der Waals surface area contributed by atoms with Crippen LogP contribution in [0.1, 0.15) is 18.1 Å². The number of aliphatic carboxylic acids is 1. The number of carbonyl (C=O) groups is 1. The summed E-state index contributed by atoms with van der Waals surface area (Å²) in [6, 6.07) is 9.08. The maximum Gasteiger partial charge on any atom is 0.304 e. The Morgan fingerprint density at radius 3 is 2.43 bits per heavy atom. The molecule has 0 radical (unpaired) electrons. The van der Waals surface area contributed by atoms with E-state index in [-0.39, 0.29) is 10.3 Å². The molecule has 0 saturated heterocycles. The second-order valence-corrected chi connectivity index (χ2v) is 4.57. The Hall–Kier alpha value is -0.620. The summed E-state index contributed by atoms with van der Waals surface area (Å²) < 4.78 is -0.299. The van der Waals surface area contributed by atoms with Crippen LogP contribution in [0, 0.1) is 0 Å². The molecule has 0 aromatic heterocycles. The van der Waals surface area contributed by atoms with E-state index in [1.54, 1.807) is 12.1 Å². The molecule has 1 rings (SSSR count). The molecule has 3 nitrogen and oxygen atoms in total. The Kier molecular flexibility index (Phi) is 4.34. The van der Waals surface area contributed by atoms with Crippen LogP contribution in [0.15, 0.2) is 30.3 Å². The second-order valence-electron chi connectivity index (χ2n) is 2.97. The maximum atomic E-state index is 10.4. The van der Waals surface area contributed by atoms with Gasteiger partial charge in [0.15, 0.2) is 0 Å². The zero-order valence-corrected chi connectivity index (χ0v) is 9.59. The normalized spacial score (nSPS) is 14.7. The topological polar surface area (TPSA) is 57.5 Å². The first kappa shape index (κ1) is 11.5. The molecule has 0 saturated carbocycles. The van der Waals surface area contributed by atoms with Crippen LogP contribution in [0.5, 0.6) is 0 Å². The predicted molar refractivity (Wildman–Crippen MR) is 61.5 cm³/mol. The molecule has 2 unspecified atom stereocenters. The quantitative estimate of drug-likeness (QED) is 0.661. The number of halogens is 1. The van der Waals surface area contributed by atoms with E-state index in [2.05, 4.69) is 0 Å². The van der Waals surface area contributed by atoms with Gasteiger partial charge in [-0.15, -0.1) is 0 Å². The van der Waals surface area contributed by atoms with Crippen molar-refractivity contribution in [2.75, 3.05) is 0 Å². The van der Waals surface area contributed by atoms with Crippen molar-refractivity contribution in [2.24, 2.45) is 0 Å². The van der Waals surface area contributed by atoms with Crippen LogP contribution in [-0.4, -0.2) is 20.1 Å². The molecule has 1 aromatic rings. The van der Waals surface area contributed by atoms with E-state index in [1.807, 2.05) is 40.8 Å². The molecule has 14 heavy (non-hydrogen) atoms. The molecule has 76 valence electrons. The van der Waals surface area contributed by atoms with Gasteiger partial charge in [-0.05, 0) is 5.56 Å². The number of rotatable bonds is 4. The zero-order chi connectivity index (χ0) is 10.6. The van der Waals surface area contributed by atoms with Crippen LogP contribution in [0.25, 0.3) is 0 Å². The minimum Gasteiger partial charge on any atom is -0.481 e. The molecule has 0 amide bonds. The van der Waals surface area contributed by atoms with E-state index in [1.165, 1.54) is 0 Å². The first-order valence-electron chi connectivity index (χ1n) is 4.20. The van der Waals surface area contributed by atoms with Crippen molar-refractivity contribution in [2.45, 2.75) is 16.4 Å². The summed E-state index contributed by atoms with van der Waals surface area (Å²) in [6.07, 6.45) is -0.746. The van der Waals surface area contributed by atoms with E-state index < -0.39 is 12.1 Å². The highest BCUT2D eigenvalue weighted by Gasteiger charge is 2.20. The number of alkyl halides is 1. The molecule has 4 heteroatoms. The van der Waals surface area contributed by atoms with E-state index in [0.29, 0.717) is 0 Å². The van der Waals surface area contributed by atoms with Crippen molar-refractivity contribution in [3.05, 3.63) is 35.9 Å². The second kappa shape index (κ2) is 5.31. The standard InChI is InChI=1S/C10H11IO3/c11-8(6-9(12)13)10(14)7-4-2-1-3-5-7/h1-5,8,10,14H,6H2,(H,12,13). The van der Waals surface area contributed by atoms with E-state index in [0.717, 1.165) is 5.56 Å². The zero-order valence-electron chi connectivity index (χ0n) is 7.43. The number of aliphatic hydroxyl groups excluding tert-OH is 1. The largest absolute Gasteiger partial charge is 0.481 e. The third kappa shape index (κ3) is 3.26. The molecule has 0 aliphatic carbocycles. The van der Waals surface area contributed by atoms with E-state index in [4.69, 9.17) is 5.11 Å². The number of carboxylic acid groups (broad SMARTS) is 1. The van der Waals surface area contributed by atoms with Gasteiger partial charge < -0.3 is 10.2 Å². The van der Waals surface area contributed by atoms with Crippen molar-refractivity contribution in [3.63, 3.8) is 0 Å². The van der Waals surface area contributed by atoms with E-state index in [9.17, 15) is 9.90 Å². The lowest BCUT2D eigenvalue weighted by Gasteiger charge is -2.15. The molecule has 2 atom stereocenters. The van der Waals surface area contributed by atoms with Gasteiger partial charge in [0.1, 0.15) is 0 Å². The molecule has 0 spiro atoms. The summed E-state index contributed by atoms with van der Waals surface area (Å²) in [5, 5.41) is 18.3. The van der Waals surface area contributed by atoms with Gasteiger partial charge in [-0.25, -0.2) is 0 Å². The fourth-order valence-corrected chi connectivity index (χ4v) is 1.93. The molecular formula is C10H11IO3. The molecule has 0 bridgehead atoms. The first-order valence-corrected chi connectivity index (χ1v) is 5.44. The summed E-state index contributed by atoms with van der Waals surface area (Å²) >= 11 is 1.96. The monoisotopic (exact) mass is 306 g/mol. The number of hydrogen-bond acceptors (Lipinski definition) is 2. The summed E-state index contributed by atoms with van der Waals surface area (Å²) in [5.41, 5.74) is 0.758. The van der Waals surface area contributed by atoms with Crippen LogP contribution in [0.2, 0.25) is 0 Å². The highest BCUT2D eigenvalue weighted by Crippen LogP contribution is 2.24. The van der Waals surface area contributed by atoms with Gasteiger partial charge in [0.05, 0.1) is 16.4 Å². The summed E-state index contributed by atoms with van der Waals surface area (Å²) in [4.78, 5) is 10.4. The predicted octanol–water partition coefficient (Wildman–Crippen LogP) is 2.00. The number of hydrogen-bond donors (Lipinski definition) is 2. The Morgan fingerprint density at radius 1 is 1.36 bits per heavy atom. The van der Waals surface area contributed by atoms with Crippen molar-refractivity contribution in [1.29, 1.82) is 0 Å². The average Bonchev–Trinajstić information content (AvgIpc) is 2.17.